The molecule has 3 amide bonds. The van der Waals surface area contributed by atoms with Gasteiger partial charge >= 0.3 is 0 Å². The number of aryl methyl sites for hydroxylation is 1. The number of hydrogen-bond donors (Lipinski definition) is 2. The number of hydrogen-bond acceptors (Lipinski definition) is 7. The molecule has 38 heavy (non-hydrogen) atoms. The van der Waals surface area contributed by atoms with Gasteiger partial charge in [0.05, 0.1) is 11.9 Å². The summed E-state index contributed by atoms with van der Waals surface area (Å²) in [5.74, 6) is -1.17. The number of fused-ring (bicyclic) bond motifs is 1. The smallest absolute Gasteiger partial charge is 0.273 e. The minimum absolute atomic E-state index is 0.0569. The molecule has 2 aromatic carbocycles. The lowest BCUT2D eigenvalue weighted by molar-refractivity contribution is -0.168. The fraction of sp³-hybridized carbons (Fsp3) is 0.333. The highest BCUT2D eigenvalue weighted by molar-refractivity contribution is 8.01. The number of carbonyl (C=O) groups is 3. The molecule has 0 saturated carbocycles. The summed E-state index contributed by atoms with van der Waals surface area (Å²) in [6.45, 7) is 4.39. The number of nitrogens with one attached hydrogen (secondary N) is 1. The SMILES string of the molecule is Cc1ccccc1CN1C(=O)[C@H]2N(C(=O)[C@@H](O)[C@H](Cc3ccccc3)NC(=O)c3cc(Cl)on3)CSC21C. The van der Waals surface area contributed by atoms with Gasteiger partial charge in [-0.25, -0.2) is 0 Å². The third kappa shape index (κ3) is 4.79. The van der Waals surface area contributed by atoms with Gasteiger partial charge in [0.1, 0.15) is 10.9 Å². The number of β-lactam (4-membered cyclic amide) rings is 1. The van der Waals surface area contributed by atoms with Crippen LogP contribution in [0.25, 0.3) is 0 Å². The highest BCUT2D eigenvalue weighted by Crippen LogP contribution is 2.51. The molecular formula is C27H27ClN4O5S. The molecule has 11 heteroatoms. The number of halogens is 1. The lowest BCUT2D eigenvalue weighted by atomic mass is 9.91. The summed E-state index contributed by atoms with van der Waals surface area (Å²) in [7, 11) is 0. The topological polar surface area (TPSA) is 116 Å². The van der Waals surface area contributed by atoms with Crippen molar-refractivity contribution in [1.82, 2.24) is 20.3 Å². The van der Waals surface area contributed by atoms with Crippen LogP contribution in [0.4, 0.5) is 0 Å². The Bertz CT molecular complexity index is 1370. The van der Waals surface area contributed by atoms with Crippen LogP contribution in [0.3, 0.4) is 0 Å². The van der Waals surface area contributed by atoms with E-state index in [-0.39, 0.29) is 29.1 Å². The molecule has 0 bridgehead atoms. The molecular weight excluding hydrogens is 528 g/mol. The van der Waals surface area contributed by atoms with Gasteiger partial charge in [0.2, 0.25) is 11.1 Å². The third-order valence-corrected chi connectivity index (χ3v) is 8.80. The van der Waals surface area contributed by atoms with Crippen molar-refractivity contribution in [1.29, 1.82) is 0 Å². The van der Waals surface area contributed by atoms with Gasteiger partial charge in [-0.2, -0.15) is 0 Å². The molecule has 198 valence electrons. The Morgan fingerprint density at radius 2 is 1.95 bits per heavy atom. The number of benzene rings is 2. The van der Waals surface area contributed by atoms with Crippen molar-refractivity contribution < 1.29 is 24.0 Å². The number of amides is 3. The van der Waals surface area contributed by atoms with Crippen molar-refractivity contribution in [3.8, 4) is 0 Å². The standard InChI is InChI=1S/C27H27ClN4O5S/c1-16-8-6-7-11-18(16)14-32-26(36)23-27(32,2)38-15-31(23)25(35)22(33)19(12-17-9-4-3-5-10-17)29-24(34)20-13-21(28)37-30-20/h3-11,13,19,22-23,33H,12,14-15H2,1-2H3,(H,29,34)/t19-,22-,23+,27?/m0/s1. The Labute approximate surface area is 229 Å². The second kappa shape index (κ2) is 10.4. The Morgan fingerprint density at radius 1 is 1.24 bits per heavy atom. The van der Waals surface area contributed by atoms with E-state index in [1.54, 1.807) is 4.90 Å². The normalized spacial score (nSPS) is 22.0. The van der Waals surface area contributed by atoms with Crippen LogP contribution < -0.4 is 5.32 Å². The first-order valence-electron chi connectivity index (χ1n) is 12.1. The van der Waals surface area contributed by atoms with Crippen LogP contribution in [0, 0.1) is 6.92 Å². The molecule has 3 aromatic rings. The molecule has 2 aliphatic rings. The number of carbonyl (C=O) groups excluding carboxylic acids is 3. The summed E-state index contributed by atoms with van der Waals surface area (Å²) < 4.78 is 4.76. The van der Waals surface area contributed by atoms with Crippen molar-refractivity contribution in [2.75, 3.05) is 5.88 Å². The molecule has 5 rings (SSSR count). The van der Waals surface area contributed by atoms with Gasteiger partial charge in [-0.3, -0.25) is 14.4 Å². The Morgan fingerprint density at radius 3 is 2.63 bits per heavy atom. The third-order valence-electron chi connectivity index (χ3n) is 7.19. The minimum Gasteiger partial charge on any atom is -0.381 e. The second-order valence-electron chi connectivity index (χ2n) is 9.62. The number of rotatable bonds is 8. The zero-order chi connectivity index (χ0) is 27.0. The van der Waals surface area contributed by atoms with E-state index in [1.165, 1.54) is 22.7 Å². The summed E-state index contributed by atoms with van der Waals surface area (Å²) in [5, 5.41) is 17.5. The first-order valence-corrected chi connectivity index (χ1v) is 13.5. The van der Waals surface area contributed by atoms with Crippen LogP contribution in [0.1, 0.15) is 34.1 Å². The molecule has 0 radical (unpaired) electrons. The first-order chi connectivity index (χ1) is 18.2. The number of nitrogens with zero attached hydrogens (tertiary/aromatic N) is 3. The zero-order valence-electron chi connectivity index (χ0n) is 20.8. The first kappa shape index (κ1) is 26.3. The average molecular weight is 555 g/mol. The van der Waals surface area contributed by atoms with Gasteiger partial charge in [-0.05, 0) is 48.6 Å². The molecule has 1 unspecified atom stereocenters. The van der Waals surface area contributed by atoms with Crippen LogP contribution >= 0.6 is 23.4 Å². The highest BCUT2D eigenvalue weighted by atomic mass is 35.5. The van der Waals surface area contributed by atoms with E-state index in [2.05, 4.69) is 10.5 Å². The van der Waals surface area contributed by atoms with E-state index in [0.29, 0.717) is 6.54 Å². The number of aliphatic hydroxyl groups excluding tert-OH is 1. The number of aromatic nitrogens is 1. The summed E-state index contributed by atoms with van der Waals surface area (Å²) in [6.07, 6.45) is -1.41. The van der Waals surface area contributed by atoms with Gasteiger partial charge in [0, 0.05) is 12.6 Å². The Kier molecular flexibility index (Phi) is 7.21. The van der Waals surface area contributed by atoms with Crippen LogP contribution in [-0.4, -0.2) is 66.7 Å². The monoisotopic (exact) mass is 554 g/mol. The largest absolute Gasteiger partial charge is 0.381 e. The molecule has 9 nitrogen and oxygen atoms in total. The Hall–Kier alpha value is -3.34. The number of likely N-dealkylation sites (tertiary alicyclic amines) is 1. The fourth-order valence-electron chi connectivity index (χ4n) is 4.97. The lowest BCUT2D eigenvalue weighted by Crippen LogP contribution is -2.73. The fourth-order valence-corrected chi connectivity index (χ4v) is 6.48. The van der Waals surface area contributed by atoms with Gasteiger partial charge < -0.3 is 24.7 Å². The molecule has 2 fully saturated rings. The average Bonchev–Trinajstić information content (AvgIpc) is 3.49. The van der Waals surface area contributed by atoms with Gasteiger partial charge in [-0.1, -0.05) is 59.8 Å². The van der Waals surface area contributed by atoms with Crippen molar-refractivity contribution in [3.63, 3.8) is 0 Å². The number of thioether (sulfide) groups is 1. The van der Waals surface area contributed by atoms with E-state index in [1.807, 2.05) is 68.4 Å². The summed E-state index contributed by atoms with van der Waals surface area (Å²) in [4.78, 5) is 42.2. The minimum atomic E-state index is -1.59. The van der Waals surface area contributed by atoms with E-state index in [0.717, 1.165) is 16.7 Å². The molecule has 2 N–H and O–H groups in total. The Balaban J connectivity index is 1.33. The highest BCUT2D eigenvalue weighted by Gasteiger charge is 2.65. The molecule has 0 spiro atoms. The van der Waals surface area contributed by atoms with E-state index >= 15 is 0 Å². The van der Waals surface area contributed by atoms with E-state index < -0.39 is 34.9 Å². The molecule has 2 aliphatic heterocycles. The van der Waals surface area contributed by atoms with Gasteiger partial charge in [0.15, 0.2) is 11.8 Å². The van der Waals surface area contributed by atoms with Crippen LogP contribution in [0.5, 0.6) is 0 Å². The summed E-state index contributed by atoms with van der Waals surface area (Å²) >= 11 is 7.24. The zero-order valence-corrected chi connectivity index (χ0v) is 22.4. The van der Waals surface area contributed by atoms with E-state index in [4.69, 9.17) is 16.1 Å². The maximum atomic E-state index is 13.6. The summed E-state index contributed by atoms with van der Waals surface area (Å²) in [6, 6.07) is 16.7. The molecule has 4 atom stereocenters. The van der Waals surface area contributed by atoms with Gasteiger partial charge in [0.25, 0.3) is 11.8 Å². The maximum absolute atomic E-state index is 13.6. The maximum Gasteiger partial charge on any atom is 0.273 e. The molecule has 2 saturated heterocycles. The quantitative estimate of drug-likeness (QED) is 0.411. The molecule has 3 heterocycles. The summed E-state index contributed by atoms with van der Waals surface area (Å²) in [5.41, 5.74) is 2.88. The van der Waals surface area contributed by atoms with Crippen molar-refractivity contribution >= 4 is 41.1 Å². The van der Waals surface area contributed by atoms with Crippen molar-refractivity contribution in [2.24, 2.45) is 0 Å². The predicted molar refractivity (Wildman–Crippen MR) is 142 cm³/mol. The predicted octanol–water partition coefficient (Wildman–Crippen LogP) is 3.00. The van der Waals surface area contributed by atoms with E-state index in [9.17, 15) is 19.5 Å². The lowest BCUT2D eigenvalue weighted by Gasteiger charge is -2.53. The molecule has 1 aromatic heterocycles. The van der Waals surface area contributed by atoms with Crippen LogP contribution in [-0.2, 0) is 22.6 Å². The van der Waals surface area contributed by atoms with Crippen molar-refractivity contribution in [2.45, 2.75) is 49.9 Å². The van der Waals surface area contributed by atoms with Crippen LogP contribution in [0.2, 0.25) is 5.22 Å². The van der Waals surface area contributed by atoms with Crippen LogP contribution in [0.15, 0.2) is 65.2 Å². The molecule has 0 aliphatic carbocycles. The number of aliphatic hydroxyl groups is 1. The second-order valence-corrected chi connectivity index (χ2v) is 11.4. The van der Waals surface area contributed by atoms with Gasteiger partial charge in [-0.15, -0.1) is 11.8 Å². The van der Waals surface area contributed by atoms with Crippen molar-refractivity contribution in [3.05, 3.63) is 88.3 Å².